The number of carbonyl (C=O) groups excluding carboxylic acids is 2. The van der Waals surface area contributed by atoms with Crippen molar-refractivity contribution in [1.29, 1.82) is 0 Å². The molecule has 1 aromatic carbocycles. The van der Waals surface area contributed by atoms with E-state index < -0.39 is 22.7 Å². The highest BCUT2D eigenvalue weighted by molar-refractivity contribution is 6.31. The molecular formula is C16H18ClF3N2O2. The van der Waals surface area contributed by atoms with Crippen molar-refractivity contribution in [2.24, 2.45) is 5.92 Å². The number of hydrogen-bond donors (Lipinski definition) is 1. The standard InChI is InChI=1S/C16H18ClF3N2O2/c1-3-9(2)21-15(24)10-6-14(23)22(8-10)11-4-5-13(17)12(7-11)16(18,19)20/h4-5,7,9-10H,3,6,8H2,1-2H3,(H,21,24). The van der Waals surface area contributed by atoms with Crippen LogP contribution in [0.4, 0.5) is 18.9 Å². The molecule has 4 nitrogen and oxygen atoms in total. The lowest BCUT2D eigenvalue weighted by atomic mass is 10.1. The summed E-state index contributed by atoms with van der Waals surface area (Å²) >= 11 is 5.59. The molecule has 1 aliphatic rings. The van der Waals surface area contributed by atoms with Crippen LogP contribution in [0.5, 0.6) is 0 Å². The Morgan fingerprint density at radius 3 is 2.71 bits per heavy atom. The average Bonchev–Trinajstić information content (AvgIpc) is 2.88. The molecule has 1 heterocycles. The molecule has 1 saturated heterocycles. The maximum atomic E-state index is 12.9. The van der Waals surface area contributed by atoms with E-state index in [4.69, 9.17) is 11.6 Å². The molecule has 0 bridgehead atoms. The van der Waals surface area contributed by atoms with Crippen molar-refractivity contribution >= 4 is 29.1 Å². The molecule has 2 amide bonds. The second-order valence-corrected chi connectivity index (χ2v) is 6.29. The highest BCUT2D eigenvalue weighted by Crippen LogP contribution is 2.38. The zero-order valence-corrected chi connectivity index (χ0v) is 14.0. The van der Waals surface area contributed by atoms with Crippen molar-refractivity contribution < 1.29 is 22.8 Å². The van der Waals surface area contributed by atoms with Crippen molar-refractivity contribution in [2.45, 2.75) is 38.9 Å². The first-order valence-corrected chi connectivity index (χ1v) is 7.98. The first kappa shape index (κ1) is 18.6. The summed E-state index contributed by atoms with van der Waals surface area (Å²) in [7, 11) is 0. The molecule has 2 atom stereocenters. The number of hydrogen-bond acceptors (Lipinski definition) is 2. The number of nitrogens with one attached hydrogen (secondary N) is 1. The van der Waals surface area contributed by atoms with E-state index in [9.17, 15) is 22.8 Å². The van der Waals surface area contributed by atoms with E-state index in [1.807, 2.05) is 13.8 Å². The van der Waals surface area contributed by atoms with Crippen molar-refractivity contribution in [1.82, 2.24) is 5.32 Å². The third-order valence-electron chi connectivity index (χ3n) is 4.06. The molecule has 2 unspecified atom stereocenters. The van der Waals surface area contributed by atoms with E-state index >= 15 is 0 Å². The molecule has 1 N–H and O–H groups in total. The molecule has 0 radical (unpaired) electrons. The monoisotopic (exact) mass is 362 g/mol. The Balaban J connectivity index is 2.19. The largest absolute Gasteiger partial charge is 0.417 e. The van der Waals surface area contributed by atoms with Crippen molar-refractivity contribution in [2.75, 3.05) is 11.4 Å². The van der Waals surface area contributed by atoms with E-state index in [0.717, 1.165) is 18.6 Å². The smallest absolute Gasteiger partial charge is 0.353 e. The van der Waals surface area contributed by atoms with Crippen LogP contribution in [0, 0.1) is 5.92 Å². The van der Waals surface area contributed by atoms with Gasteiger partial charge in [0.05, 0.1) is 16.5 Å². The van der Waals surface area contributed by atoms with E-state index in [-0.39, 0.29) is 36.5 Å². The Bertz CT molecular complexity index is 649. The summed E-state index contributed by atoms with van der Waals surface area (Å²) in [5, 5.41) is 2.36. The number of benzene rings is 1. The molecule has 1 fully saturated rings. The van der Waals surface area contributed by atoms with Crippen LogP contribution in [0.1, 0.15) is 32.3 Å². The molecular weight excluding hydrogens is 345 g/mol. The number of nitrogens with zero attached hydrogens (tertiary/aromatic N) is 1. The van der Waals surface area contributed by atoms with Gasteiger partial charge in [0, 0.05) is 24.7 Å². The lowest BCUT2D eigenvalue weighted by molar-refractivity contribution is -0.137. The number of halogens is 4. The Labute approximate surface area is 143 Å². The summed E-state index contributed by atoms with van der Waals surface area (Å²) in [6.45, 7) is 3.82. The van der Waals surface area contributed by atoms with Crippen LogP contribution >= 0.6 is 11.6 Å². The number of rotatable bonds is 4. The van der Waals surface area contributed by atoms with Gasteiger partial charge in [-0.25, -0.2) is 0 Å². The van der Waals surface area contributed by atoms with Gasteiger partial charge in [0.25, 0.3) is 0 Å². The Kier molecular flexibility index (Phi) is 5.42. The lowest BCUT2D eigenvalue weighted by Crippen LogP contribution is -2.38. The number of anilines is 1. The molecule has 2 rings (SSSR count). The SMILES string of the molecule is CCC(C)NC(=O)C1CC(=O)N(c2ccc(Cl)c(C(F)(F)F)c2)C1. The van der Waals surface area contributed by atoms with Gasteiger partial charge in [0.15, 0.2) is 0 Å². The summed E-state index contributed by atoms with van der Waals surface area (Å²) in [5.74, 6) is -1.21. The minimum atomic E-state index is -4.61. The highest BCUT2D eigenvalue weighted by Gasteiger charge is 2.38. The maximum absolute atomic E-state index is 12.9. The second-order valence-electron chi connectivity index (χ2n) is 5.89. The predicted octanol–water partition coefficient (Wildman–Crippen LogP) is 3.63. The Morgan fingerprint density at radius 2 is 2.12 bits per heavy atom. The Hall–Kier alpha value is -1.76. The van der Waals surface area contributed by atoms with E-state index in [2.05, 4.69) is 5.32 Å². The van der Waals surface area contributed by atoms with Crippen LogP contribution < -0.4 is 10.2 Å². The van der Waals surface area contributed by atoms with Gasteiger partial charge in [0.2, 0.25) is 11.8 Å². The number of carbonyl (C=O) groups is 2. The minimum absolute atomic E-state index is 0.0194. The van der Waals surface area contributed by atoms with Crippen molar-refractivity contribution in [3.05, 3.63) is 28.8 Å². The lowest BCUT2D eigenvalue weighted by Gasteiger charge is -2.19. The summed E-state index contributed by atoms with van der Waals surface area (Å²) in [6.07, 6.45) is -3.88. The molecule has 8 heteroatoms. The van der Waals surface area contributed by atoms with E-state index in [1.54, 1.807) is 0 Å². The van der Waals surface area contributed by atoms with E-state index in [0.29, 0.717) is 0 Å². The van der Waals surface area contributed by atoms with Crippen LogP contribution in [-0.4, -0.2) is 24.4 Å². The molecule has 0 aromatic heterocycles. The third kappa shape index (κ3) is 4.01. The number of amides is 2. The first-order valence-electron chi connectivity index (χ1n) is 7.61. The fourth-order valence-electron chi connectivity index (χ4n) is 2.49. The molecule has 0 saturated carbocycles. The van der Waals surface area contributed by atoms with Crippen molar-refractivity contribution in [3.8, 4) is 0 Å². The van der Waals surface area contributed by atoms with Gasteiger partial charge >= 0.3 is 6.18 Å². The summed E-state index contributed by atoms with van der Waals surface area (Å²) in [5.41, 5.74) is -0.905. The highest BCUT2D eigenvalue weighted by atomic mass is 35.5. The quantitative estimate of drug-likeness (QED) is 0.889. The molecule has 0 aliphatic carbocycles. The summed E-state index contributed by atoms with van der Waals surface area (Å²) in [4.78, 5) is 25.4. The van der Waals surface area contributed by atoms with Gasteiger partial charge in [-0.15, -0.1) is 0 Å². The van der Waals surface area contributed by atoms with Gasteiger partial charge in [-0.2, -0.15) is 13.2 Å². The summed E-state index contributed by atoms with van der Waals surface area (Å²) < 4.78 is 38.8. The van der Waals surface area contributed by atoms with Gasteiger partial charge in [-0.05, 0) is 31.5 Å². The van der Waals surface area contributed by atoms with E-state index in [1.165, 1.54) is 11.0 Å². The van der Waals surface area contributed by atoms with Crippen LogP contribution in [-0.2, 0) is 15.8 Å². The fraction of sp³-hybridized carbons (Fsp3) is 0.500. The van der Waals surface area contributed by atoms with Crippen LogP contribution in [0.15, 0.2) is 18.2 Å². The van der Waals surface area contributed by atoms with Crippen molar-refractivity contribution in [3.63, 3.8) is 0 Å². The Morgan fingerprint density at radius 1 is 1.46 bits per heavy atom. The van der Waals surface area contributed by atoms with Crippen LogP contribution in [0.25, 0.3) is 0 Å². The fourth-order valence-corrected chi connectivity index (χ4v) is 2.72. The average molecular weight is 363 g/mol. The third-order valence-corrected chi connectivity index (χ3v) is 4.39. The molecule has 132 valence electrons. The molecule has 1 aromatic rings. The predicted molar refractivity (Wildman–Crippen MR) is 84.8 cm³/mol. The topological polar surface area (TPSA) is 49.4 Å². The maximum Gasteiger partial charge on any atom is 0.417 e. The van der Waals surface area contributed by atoms with Gasteiger partial charge in [-0.3, -0.25) is 9.59 Å². The van der Waals surface area contributed by atoms with Crippen LogP contribution in [0.3, 0.4) is 0 Å². The van der Waals surface area contributed by atoms with Gasteiger partial charge < -0.3 is 10.2 Å². The van der Waals surface area contributed by atoms with Gasteiger partial charge in [0.1, 0.15) is 0 Å². The zero-order valence-electron chi connectivity index (χ0n) is 13.3. The zero-order chi connectivity index (χ0) is 18.1. The van der Waals surface area contributed by atoms with Crippen LogP contribution in [0.2, 0.25) is 5.02 Å². The molecule has 0 spiro atoms. The first-order chi connectivity index (χ1) is 11.1. The van der Waals surface area contributed by atoms with Gasteiger partial charge in [-0.1, -0.05) is 18.5 Å². The molecule has 24 heavy (non-hydrogen) atoms. The normalized spacial score (nSPS) is 19.5. The minimum Gasteiger partial charge on any atom is -0.353 e. The summed E-state index contributed by atoms with van der Waals surface area (Å²) in [6, 6.07) is 3.29. The second kappa shape index (κ2) is 7.01. The molecule has 1 aliphatic heterocycles. The number of alkyl halides is 3.